The monoisotopic (exact) mass is 226 g/mol. The lowest BCUT2D eigenvalue weighted by Gasteiger charge is -2.14. The zero-order valence-electron chi connectivity index (χ0n) is 8.82. The third-order valence-electron chi connectivity index (χ3n) is 2.46. The average Bonchev–Trinajstić information content (AvgIpc) is 2.96. The number of hydrogen-bond donors (Lipinski definition) is 1. The third-order valence-corrected chi connectivity index (χ3v) is 3.46. The highest BCUT2D eigenvalue weighted by molar-refractivity contribution is 7.10. The van der Waals surface area contributed by atoms with Crippen molar-refractivity contribution >= 4 is 17.3 Å². The smallest absolute Gasteiger partial charge is 0.328 e. The van der Waals surface area contributed by atoms with Crippen LogP contribution in [0.3, 0.4) is 0 Å². The number of rotatable bonds is 4. The minimum atomic E-state index is -0.338. The molecule has 4 nitrogen and oxygen atoms in total. The van der Waals surface area contributed by atoms with Gasteiger partial charge in [0, 0.05) is 6.04 Å². The highest BCUT2D eigenvalue weighted by Gasteiger charge is 2.31. The van der Waals surface area contributed by atoms with Gasteiger partial charge in [0.15, 0.2) is 0 Å². The van der Waals surface area contributed by atoms with E-state index in [9.17, 15) is 4.79 Å². The highest BCUT2D eigenvalue weighted by Crippen LogP contribution is 2.28. The Balaban J connectivity index is 2.16. The predicted octanol–water partition coefficient (Wildman–Crippen LogP) is 1.42. The second kappa shape index (κ2) is 4.28. The Morgan fingerprint density at radius 3 is 2.93 bits per heavy atom. The summed E-state index contributed by atoms with van der Waals surface area (Å²) in [7, 11) is 1.42. The fourth-order valence-electron chi connectivity index (χ4n) is 1.44. The summed E-state index contributed by atoms with van der Waals surface area (Å²) in [5.74, 6) is -0.228. The van der Waals surface area contributed by atoms with Crippen molar-refractivity contribution in [2.45, 2.75) is 31.8 Å². The van der Waals surface area contributed by atoms with Crippen LogP contribution in [0.25, 0.3) is 0 Å². The fourth-order valence-corrected chi connectivity index (χ4v) is 2.29. The van der Waals surface area contributed by atoms with Crippen LogP contribution in [0.2, 0.25) is 0 Å². The maximum Gasteiger partial charge on any atom is 0.328 e. The maximum atomic E-state index is 11.6. The molecule has 1 aromatic heterocycles. The van der Waals surface area contributed by atoms with E-state index in [4.69, 9.17) is 4.74 Å². The predicted molar refractivity (Wildman–Crippen MR) is 57.8 cm³/mol. The maximum absolute atomic E-state index is 11.6. The zero-order chi connectivity index (χ0) is 10.8. The molecule has 82 valence electrons. The number of ether oxygens (including phenoxy) is 1. The van der Waals surface area contributed by atoms with Crippen LogP contribution >= 0.6 is 11.3 Å². The highest BCUT2D eigenvalue weighted by atomic mass is 32.1. The van der Waals surface area contributed by atoms with E-state index in [2.05, 4.69) is 10.3 Å². The van der Waals surface area contributed by atoms with Gasteiger partial charge in [-0.1, -0.05) is 0 Å². The lowest BCUT2D eigenvalue weighted by atomic mass is 10.2. The summed E-state index contributed by atoms with van der Waals surface area (Å²) in [6, 6.07) is 0.130. The van der Waals surface area contributed by atoms with Crippen molar-refractivity contribution in [1.29, 1.82) is 0 Å². The standard InChI is InChI=1S/C10H14N2O2S/c1-6-9(15-5-11-6)8(10(13)14-2)12-7-3-4-7/h5,7-8,12H,3-4H2,1-2H3. The Morgan fingerprint density at radius 1 is 1.73 bits per heavy atom. The van der Waals surface area contributed by atoms with E-state index in [1.165, 1.54) is 18.4 Å². The molecule has 5 heteroatoms. The Labute approximate surface area is 92.7 Å². The summed E-state index contributed by atoms with van der Waals surface area (Å²) >= 11 is 1.50. The van der Waals surface area contributed by atoms with Crippen LogP contribution in [0.5, 0.6) is 0 Å². The molecule has 1 aromatic rings. The number of carbonyl (C=O) groups is 1. The van der Waals surface area contributed by atoms with Crippen molar-refractivity contribution in [2.75, 3.05) is 7.11 Å². The van der Waals surface area contributed by atoms with Gasteiger partial charge in [-0.25, -0.2) is 9.78 Å². The summed E-state index contributed by atoms with van der Waals surface area (Å²) in [5.41, 5.74) is 2.67. The van der Waals surface area contributed by atoms with E-state index in [0.717, 1.165) is 23.4 Å². The van der Waals surface area contributed by atoms with Crippen LogP contribution in [0.15, 0.2) is 5.51 Å². The SMILES string of the molecule is COC(=O)C(NC1CC1)c1scnc1C. The van der Waals surface area contributed by atoms with Gasteiger partial charge in [-0.3, -0.25) is 5.32 Å². The van der Waals surface area contributed by atoms with Crippen molar-refractivity contribution in [3.8, 4) is 0 Å². The largest absolute Gasteiger partial charge is 0.468 e. The number of nitrogens with zero attached hydrogens (tertiary/aromatic N) is 1. The second-order valence-electron chi connectivity index (χ2n) is 3.70. The van der Waals surface area contributed by atoms with Crippen molar-refractivity contribution in [3.63, 3.8) is 0 Å². The summed E-state index contributed by atoms with van der Waals surface area (Å²) in [6.07, 6.45) is 2.29. The number of hydrogen-bond acceptors (Lipinski definition) is 5. The van der Waals surface area contributed by atoms with Crippen LogP contribution in [0, 0.1) is 6.92 Å². The molecule has 0 spiro atoms. The molecule has 0 saturated heterocycles. The summed E-state index contributed by atoms with van der Waals surface area (Å²) in [5, 5.41) is 3.28. The van der Waals surface area contributed by atoms with Crippen LogP contribution in [-0.2, 0) is 9.53 Å². The minimum Gasteiger partial charge on any atom is -0.468 e. The van der Waals surface area contributed by atoms with E-state index < -0.39 is 0 Å². The van der Waals surface area contributed by atoms with Crippen molar-refractivity contribution in [2.24, 2.45) is 0 Å². The first-order chi connectivity index (χ1) is 7.22. The Bertz CT molecular complexity index is 360. The number of carbonyl (C=O) groups excluding carboxylic acids is 1. The lowest BCUT2D eigenvalue weighted by molar-refractivity contribution is -0.143. The first kappa shape index (κ1) is 10.6. The number of aryl methyl sites for hydroxylation is 1. The first-order valence-corrected chi connectivity index (χ1v) is 5.84. The molecule has 1 aliphatic carbocycles. The molecule has 1 saturated carbocycles. The summed E-state index contributed by atoms with van der Waals surface area (Å²) in [4.78, 5) is 16.7. The van der Waals surface area contributed by atoms with Crippen LogP contribution in [0.4, 0.5) is 0 Å². The number of thiazole rings is 1. The Hall–Kier alpha value is -0.940. The zero-order valence-corrected chi connectivity index (χ0v) is 9.63. The van der Waals surface area contributed by atoms with Gasteiger partial charge >= 0.3 is 5.97 Å². The normalized spacial score (nSPS) is 17.5. The summed E-state index contributed by atoms with van der Waals surface area (Å²) < 4.78 is 4.80. The molecule has 1 fully saturated rings. The van der Waals surface area contributed by atoms with Crippen LogP contribution in [0.1, 0.15) is 29.5 Å². The van der Waals surface area contributed by atoms with Crippen molar-refractivity contribution < 1.29 is 9.53 Å². The fraction of sp³-hybridized carbons (Fsp3) is 0.600. The molecule has 1 atom stereocenters. The molecule has 0 aliphatic heterocycles. The van der Waals surface area contributed by atoms with E-state index in [-0.39, 0.29) is 12.0 Å². The number of aromatic nitrogens is 1. The Kier molecular flexibility index (Phi) is 3.02. The molecule has 0 aromatic carbocycles. The van der Waals surface area contributed by atoms with Gasteiger partial charge in [-0.2, -0.15) is 0 Å². The third kappa shape index (κ3) is 2.35. The average molecular weight is 226 g/mol. The van der Waals surface area contributed by atoms with E-state index in [1.54, 1.807) is 5.51 Å². The van der Waals surface area contributed by atoms with E-state index in [1.807, 2.05) is 6.92 Å². The molecule has 0 radical (unpaired) electrons. The van der Waals surface area contributed by atoms with Crippen molar-refractivity contribution in [1.82, 2.24) is 10.3 Å². The number of esters is 1. The molecule has 2 rings (SSSR count). The van der Waals surface area contributed by atoms with Crippen LogP contribution < -0.4 is 5.32 Å². The molecular formula is C10H14N2O2S. The van der Waals surface area contributed by atoms with Gasteiger partial charge in [0.25, 0.3) is 0 Å². The quantitative estimate of drug-likeness (QED) is 0.789. The van der Waals surface area contributed by atoms with Gasteiger partial charge < -0.3 is 4.74 Å². The number of nitrogens with one attached hydrogen (secondary N) is 1. The van der Waals surface area contributed by atoms with Gasteiger partial charge in [-0.05, 0) is 19.8 Å². The lowest BCUT2D eigenvalue weighted by Crippen LogP contribution is -2.31. The van der Waals surface area contributed by atoms with Gasteiger partial charge in [-0.15, -0.1) is 11.3 Å². The molecule has 0 bridgehead atoms. The molecule has 1 aliphatic rings. The second-order valence-corrected chi connectivity index (χ2v) is 4.59. The minimum absolute atomic E-state index is 0.228. The number of methoxy groups -OCH3 is 1. The van der Waals surface area contributed by atoms with Crippen LogP contribution in [-0.4, -0.2) is 24.1 Å². The molecule has 1 heterocycles. The molecule has 15 heavy (non-hydrogen) atoms. The topological polar surface area (TPSA) is 51.2 Å². The van der Waals surface area contributed by atoms with Gasteiger partial charge in [0.1, 0.15) is 6.04 Å². The first-order valence-electron chi connectivity index (χ1n) is 4.96. The van der Waals surface area contributed by atoms with E-state index >= 15 is 0 Å². The Morgan fingerprint density at radius 2 is 2.47 bits per heavy atom. The molecule has 0 amide bonds. The van der Waals surface area contributed by atoms with Crippen molar-refractivity contribution in [3.05, 3.63) is 16.1 Å². The van der Waals surface area contributed by atoms with E-state index in [0.29, 0.717) is 6.04 Å². The van der Waals surface area contributed by atoms with Gasteiger partial charge in [0.05, 0.1) is 23.2 Å². The summed E-state index contributed by atoms with van der Waals surface area (Å²) in [6.45, 7) is 1.91. The molecular weight excluding hydrogens is 212 g/mol. The molecule has 1 unspecified atom stereocenters. The molecule has 1 N–H and O–H groups in total. The van der Waals surface area contributed by atoms with Gasteiger partial charge in [0.2, 0.25) is 0 Å².